The van der Waals surface area contributed by atoms with Crippen LogP contribution >= 0.6 is 11.3 Å². The first kappa shape index (κ1) is 15.2. The molecule has 0 saturated carbocycles. The van der Waals surface area contributed by atoms with Crippen molar-refractivity contribution in [2.24, 2.45) is 0 Å². The van der Waals surface area contributed by atoms with E-state index in [9.17, 15) is 0 Å². The monoisotopic (exact) mass is 292 g/mol. The fourth-order valence-electron chi connectivity index (χ4n) is 2.04. The van der Waals surface area contributed by atoms with E-state index in [1.807, 2.05) is 10.9 Å². The third-order valence-electron chi connectivity index (χ3n) is 3.29. The Morgan fingerprint density at radius 3 is 2.70 bits per heavy atom. The lowest BCUT2D eigenvalue weighted by atomic mass is 10.1. The Morgan fingerprint density at radius 1 is 1.35 bits per heavy atom. The lowest BCUT2D eigenvalue weighted by molar-refractivity contribution is 0.591. The Morgan fingerprint density at radius 2 is 2.15 bits per heavy atom. The van der Waals surface area contributed by atoms with Crippen LogP contribution in [0.1, 0.15) is 62.3 Å². The summed E-state index contributed by atoms with van der Waals surface area (Å²) in [4.78, 5) is 4.79. The molecule has 2 heterocycles. The van der Waals surface area contributed by atoms with Gasteiger partial charge in [0.15, 0.2) is 0 Å². The van der Waals surface area contributed by atoms with Crippen molar-refractivity contribution in [3.05, 3.63) is 34.0 Å². The van der Waals surface area contributed by atoms with Crippen molar-refractivity contribution in [1.82, 2.24) is 20.1 Å². The molecule has 0 fully saturated rings. The van der Waals surface area contributed by atoms with Crippen LogP contribution in [0.5, 0.6) is 0 Å². The molecule has 0 aliphatic heterocycles. The highest BCUT2D eigenvalue weighted by molar-refractivity contribution is 7.09. The maximum absolute atomic E-state index is 4.79. The highest BCUT2D eigenvalue weighted by Crippen LogP contribution is 2.27. The molecule has 1 unspecified atom stereocenters. The van der Waals surface area contributed by atoms with Crippen molar-refractivity contribution in [2.75, 3.05) is 6.54 Å². The van der Waals surface area contributed by atoms with Crippen molar-refractivity contribution in [3.8, 4) is 0 Å². The van der Waals surface area contributed by atoms with E-state index in [2.05, 4.69) is 49.7 Å². The van der Waals surface area contributed by atoms with Gasteiger partial charge in [-0.05, 0) is 25.8 Å². The topological polar surface area (TPSA) is 42.7 Å². The number of aromatic nitrogens is 3. The minimum atomic E-state index is 0.160. The van der Waals surface area contributed by atoms with Gasteiger partial charge >= 0.3 is 0 Å². The van der Waals surface area contributed by atoms with Gasteiger partial charge in [0.25, 0.3) is 0 Å². The first-order valence-electron chi connectivity index (χ1n) is 7.36. The molecule has 0 bridgehead atoms. The molecule has 2 aromatic heterocycles. The van der Waals surface area contributed by atoms with Crippen molar-refractivity contribution in [2.45, 2.75) is 52.6 Å². The van der Waals surface area contributed by atoms with Crippen LogP contribution in [0.3, 0.4) is 0 Å². The summed E-state index contributed by atoms with van der Waals surface area (Å²) >= 11 is 1.74. The summed E-state index contributed by atoms with van der Waals surface area (Å²) in [5.41, 5.74) is 2.38. The van der Waals surface area contributed by atoms with Crippen LogP contribution in [0.15, 0.2) is 17.8 Å². The number of nitrogens with zero attached hydrogens (tertiary/aromatic N) is 3. The fraction of sp³-hybridized carbons (Fsp3) is 0.600. The highest BCUT2D eigenvalue weighted by Gasteiger charge is 2.19. The molecule has 0 radical (unpaired) electrons. The van der Waals surface area contributed by atoms with Gasteiger partial charge in [-0.1, -0.05) is 20.8 Å². The molecule has 20 heavy (non-hydrogen) atoms. The maximum Gasteiger partial charge on any atom is 0.115 e. The number of thiazole rings is 1. The second kappa shape index (κ2) is 6.99. The molecule has 0 spiro atoms. The number of aryl methyl sites for hydroxylation is 1. The van der Waals surface area contributed by atoms with Crippen LogP contribution in [-0.4, -0.2) is 21.3 Å². The first-order valence-corrected chi connectivity index (χ1v) is 8.24. The van der Waals surface area contributed by atoms with Crippen LogP contribution in [0.25, 0.3) is 0 Å². The smallest absolute Gasteiger partial charge is 0.115 e. The molecule has 1 N–H and O–H groups in total. The molecule has 1 atom stereocenters. The minimum Gasteiger partial charge on any atom is -0.304 e. The van der Waals surface area contributed by atoms with E-state index in [-0.39, 0.29) is 6.04 Å². The van der Waals surface area contributed by atoms with Gasteiger partial charge in [0, 0.05) is 23.7 Å². The van der Waals surface area contributed by atoms with Gasteiger partial charge in [-0.15, -0.1) is 11.3 Å². The summed E-state index contributed by atoms with van der Waals surface area (Å²) in [7, 11) is 0. The van der Waals surface area contributed by atoms with Crippen LogP contribution < -0.4 is 5.32 Å². The number of hydrogen-bond donors (Lipinski definition) is 1. The quantitative estimate of drug-likeness (QED) is 0.848. The zero-order valence-electron chi connectivity index (χ0n) is 12.8. The zero-order valence-corrected chi connectivity index (χ0v) is 13.6. The Labute approximate surface area is 125 Å². The van der Waals surface area contributed by atoms with Crippen LogP contribution in [0.4, 0.5) is 0 Å². The fourth-order valence-corrected chi connectivity index (χ4v) is 3.12. The third-order valence-corrected chi connectivity index (χ3v) is 4.22. The highest BCUT2D eigenvalue weighted by atomic mass is 32.1. The molecule has 4 nitrogen and oxygen atoms in total. The summed E-state index contributed by atoms with van der Waals surface area (Å²) < 4.78 is 1.97. The van der Waals surface area contributed by atoms with E-state index >= 15 is 0 Å². The number of rotatable bonds is 7. The average Bonchev–Trinajstić information content (AvgIpc) is 3.08. The Hall–Kier alpha value is -1.20. The first-order chi connectivity index (χ1) is 9.65. The minimum absolute atomic E-state index is 0.160. The van der Waals surface area contributed by atoms with Gasteiger partial charge < -0.3 is 5.32 Å². The molecule has 0 aliphatic carbocycles. The molecule has 110 valence electrons. The van der Waals surface area contributed by atoms with Crippen molar-refractivity contribution in [3.63, 3.8) is 0 Å². The van der Waals surface area contributed by atoms with E-state index in [1.54, 1.807) is 11.3 Å². The lowest BCUT2D eigenvalue weighted by Crippen LogP contribution is -2.22. The largest absolute Gasteiger partial charge is 0.304 e. The molecule has 2 rings (SSSR count). The SMILES string of the molecule is CCCNC(c1cnn(CC)c1)c1nc(C(C)C)cs1. The average molecular weight is 292 g/mol. The summed E-state index contributed by atoms with van der Waals surface area (Å²) in [5, 5.41) is 11.3. The van der Waals surface area contributed by atoms with Crippen molar-refractivity contribution >= 4 is 11.3 Å². The summed E-state index contributed by atoms with van der Waals surface area (Å²) in [5.74, 6) is 0.477. The van der Waals surface area contributed by atoms with Gasteiger partial charge in [-0.25, -0.2) is 4.98 Å². The van der Waals surface area contributed by atoms with E-state index in [0.717, 1.165) is 24.5 Å². The maximum atomic E-state index is 4.79. The molecule has 0 saturated heterocycles. The predicted octanol–water partition coefficient (Wildman–Crippen LogP) is 3.57. The Balaban J connectivity index is 2.25. The predicted molar refractivity (Wildman–Crippen MR) is 84.2 cm³/mol. The lowest BCUT2D eigenvalue weighted by Gasteiger charge is -2.14. The van der Waals surface area contributed by atoms with E-state index in [1.165, 1.54) is 11.3 Å². The van der Waals surface area contributed by atoms with Crippen LogP contribution in [0.2, 0.25) is 0 Å². The van der Waals surface area contributed by atoms with E-state index in [0.29, 0.717) is 5.92 Å². The Bertz CT molecular complexity index is 529. The molecule has 0 aliphatic rings. The second-order valence-corrected chi connectivity index (χ2v) is 6.17. The van der Waals surface area contributed by atoms with Crippen LogP contribution in [-0.2, 0) is 6.54 Å². The van der Waals surface area contributed by atoms with Crippen molar-refractivity contribution < 1.29 is 0 Å². The van der Waals surface area contributed by atoms with Gasteiger partial charge in [0.1, 0.15) is 5.01 Å². The normalized spacial score (nSPS) is 13.1. The molecule has 5 heteroatoms. The Kier molecular flexibility index (Phi) is 5.31. The van der Waals surface area contributed by atoms with Gasteiger partial charge in [0.05, 0.1) is 17.9 Å². The molecule has 0 amide bonds. The van der Waals surface area contributed by atoms with Gasteiger partial charge in [-0.3, -0.25) is 4.68 Å². The molecular weight excluding hydrogens is 268 g/mol. The standard InChI is InChI=1S/C15H24N4S/c1-5-7-16-14(12-8-17-19(6-2)9-12)15-18-13(10-20-15)11(3)4/h8-11,14,16H,5-7H2,1-4H3. The number of nitrogens with one attached hydrogen (secondary N) is 1. The van der Waals surface area contributed by atoms with Crippen molar-refractivity contribution in [1.29, 1.82) is 0 Å². The summed E-state index contributed by atoms with van der Waals surface area (Å²) in [6.07, 6.45) is 5.18. The third kappa shape index (κ3) is 3.46. The van der Waals surface area contributed by atoms with E-state index < -0.39 is 0 Å². The number of hydrogen-bond acceptors (Lipinski definition) is 4. The van der Waals surface area contributed by atoms with E-state index in [4.69, 9.17) is 4.98 Å². The summed E-state index contributed by atoms with van der Waals surface area (Å²) in [6, 6.07) is 0.160. The second-order valence-electron chi connectivity index (χ2n) is 5.28. The zero-order chi connectivity index (χ0) is 14.5. The van der Waals surface area contributed by atoms with Gasteiger partial charge in [-0.2, -0.15) is 5.10 Å². The molecule has 0 aromatic carbocycles. The van der Waals surface area contributed by atoms with Crippen LogP contribution in [0, 0.1) is 0 Å². The molecule has 2 aromatic rings. The van der Waals surface area contributed by atoms with Gasteiger partial charge in [0.2, 0.25) is 0 Å². The molecular formula is C15H24N4S. The summed E-state index contributed by atoms with van der Waals surface area (Å²) in [6.45, 7) is 10.5.